The molecular weight excluding hydrogens is 320 g/mol. The van der Waals surface area contributed by atoms with Gasteiger partial charge in [-0.25, -0.2) is 8.78 Å². The number of carbonyl (C=O) groups excluding carboxylic acids is 1. The van der Waals surface area contributed by atoms with E-state index in [0.29, 0.717) is 5.25 Å². The van der Waals surface area contributed by atoms with Gasteiger partial charge in [-0.1, -0.05) is 18.8 Å². The van der Waals surface area contributed by atoms with Crippen molar-refractivity contribution in [3.63, 3.8) is 0 Å². The smallest absolute Gasteiger partial charge is 0.251 e. The van der Waals surface area contributed by atoms with Crippen LogP contribution in [0.25, 0.3) is 0 Å². The van der Waals surface area contributed by atoms with Crippen LogP contribution >= 0.6 is 11.8 Å². The number of nitrogens with one attached hydrogen (secondary N) is 1. The summed E-state index contributed by atoms with van der Waals surface area (Å²) in [5, 5.41) is 3.22. The van der Waals surface area contributed by atoms with E-state index >= 15 is 0 Å². The van der Waals surface area contributed by atoms with Gasteiger partial charge < -0.3 is 10.1 Å². The monoisotopic (exact) mass is 339 g/mol. The minimum atomic E-state index is -0.935. The summed E-state index contributed by atoms with van der Waals surface area (Å²) in [5.41, 5.74) is -0.0570. The summed E-state index contributed by atoms with van der Waals surface area (Å²) in [6.45, 7) is -0.239. The van der Waals surface area contributed by atoms with Crippen LogP contribution in [0, 0.1) is 24.0 Å². The fourth-order valence-electron chi connectivity index (χ4n) is 2.74. The maximum Gasteiger partial charge on any atom is 0.251 e. The molecule has 1 fully saturated rings. The van der Waals surface area contributed by atoms with E-state index in [2.05, 4.69) is 11.2 Å². The van der Waals surface area contributed by atoms with Crippen LogP contribution in [0.5, 0.6) is 5.75 Å². The molecule has 6 heteroatoms. The van der Waals surface area contributed by atoms with E-state index in [1.165, 1.54) is 0 Å². The molecule has 1 amide bonds. The predicted molar refractivity (Wildman–Crippen MR) is 87.7 cm³/mol. The van der Waals surface area contributed by atoms with Gasteiger partial charge in [0.1, 0.15) is 6.61 Å². The highest BCUT2D eigenvalue weighted by molar-refractivity contribution is 7.99. The van der Waals surface area contributed by atoms with Crippen molar-refractivity contribution in [2.75, 3.05) is 12.9 Å². The van der Waals surface area contributed by atoms with Crippen molar-refractivity contribution in [1.29, 1.82) is 0 Å². The molecule has 1 N–H and O–H groups in total. The number of hydrogen-bond acceptors (Lipinski definition) is 3. The second-order valence-electron chi connectivity index (χ2n) is 5.40. The standard InChI is InChI=1S/C17H19F2NO2S/c1-3-8-22-16-12(18)9-11(10-13(16)19)17(21)20-14-6-4-5-7-15(14)23-2/h1,9-10,14-15H,4-8H2,2H3,(H,20,21). The van der Waals surface area contributed by atoms with Gasteiger partial charge >= 0.3 is 0 Å². The molecule has 2 rings (SSSR count). The molecule has 0 radical (unpaired) electrons. The summed E-state index contributed by atoms with van der Waals surface area (Å²) in [6.07, 6.45) is 11.1. The number of thioether (sulfide) groups is 1. The van der Waals surface area contributed by atoms with Gasteiger partial charge in [-0.2, -0.15) is 11.8 Å². The second kappa shape index (κ2) is 8.21. The van der Waals surface area contributed by atoms with Gasteiger partial charge in [0.25, 0.3) is 5.91 Å². The van der Waals surface area contributed by atoms with E-state index in [1.54, 1.807) is 11.8 Å². The molecule has 1 aliphatic rings. The Balaban J connectivity index is 2.12. The average Bonchev–Trinajstić information content (AvgIpc) is 2.54. The zero-order chi connectivity index (χ0) is 16.8. The minimum Gasteiger partial charge on any atom is -0.475 e. The van der Waals surface area contributed by atoms with E-state index in [4.69, 9.17) is 11.2 Å². The average molecular weight is 339 g/mol. The third-order valence-electron chi connectivity index (χ3n) is 3.88. The molecule has 0 aliphatic heterocycles. The van der Waals surface area contributed by atoms with Gasteiger partial charge in [-0.05, 0) is 31.2 Å². The van der Waals surface area contributed by atoms with Crippen molar-refractivity contribution >= 4 is 17.7 Å². The summed E-state index contributed by atoms with van der Waals surface area (Å²) in [7, 11) is 0. The van der Waals surface area contributed by atoms with E-state index < -0.39 is 23.3 Å². The molecule has 2 atom stereocenters. The third-order valence-corrected chi connectivity index (χ3v) is 5.05. The molecule has 0 bridgehead atoms. The first-order valence-corrected chi connectivity index (χ1v) is 8.74. The molecule has 0 spiro atoms. The fourth-order valence-corrected chi connectivity index (χ4v) is 3.67. The molecule has 3 nitrogen and oxygen atoms in total. The van der Waals surface area contributed by atoms with Crippen LogP contribution in [-0.2, 0) is 0 Å². The van der Waals surface area contributed by atoms with Crippen LogP contribution in [0.4, 0.5) is 8.78 Å². The lowest BCUT2D eigenvalue weighted by molar-refractivity contribution is 0.0928. The molecule has 1 aliphatic carbocycles. The zero-order valence-corrected chi connectivity index (χ0v) is 13.7. The van der Waals surface area contributed by atoms with Crippen molar-refractivity contribution in [3.05, 3.63) is 29.3 Å². The van der Waals surface area contributed by atoms with Crippen molar-refractivity contribution in [2.45, 2.75) is 37.0 Å². The number of terminal acetylenes is 1. The second-order valence-corrected chi connectivity index (χ2v) is 6.48. The Morgan fingerprint density at radius 1 is 1.39 bits per heavy atom. The lowest BCUT2D eigenvalue weighted by Crippen LogP contribution is -2.43. The molecule has 0 aromatic heterocycles. The van der Waals surface area contributed by atoms with E-state index in [1.807, 2.05) is 6.26 Å². The number of hydrogen-bond donors (Lipinski definition) is 1. The van der Waals surface area contributed by atoms with Gasteiger partial charge in [-0.15, -0.1) is 6.42 Å². The Hall–Kier alpha value is -1.74. The van der Waals surface area contributed by atoms with Gasteiger partial charge in [0.15, 0.2) is 17.4 Å². The summed E-state index contributed by atoms with van der Waals surface area (Å²) >= 11 is 1.71. The number of ether oxygens (including phenoxy) is 1. The normalized spacial score (nSPS) is 20.6. The van der Waals surface area contributed by atoms with Crippen LogP contribution in [-0.4, -0.2) is 30.1 Å². The highest BCUT2D eigenvalue weighted by Gasteiger charge is 2.26. The maximum absolute atomic E-state index is 13.9. The number of amides is 1. The molecule has 2 unspecified atom stereocenters. The molecule has 23 heavy (non-hydrogen) atoms. The molecule has 124 valence electrons. The fraction of sp³-hybridized carbons (Fsp3) is 0.471. The largest absolute Gasteiger partial charge is 0.475 e. The lowest BCUT2D eigenvalue weighted by Gasteiger charge is -2.31. The Morgan fingerprint density at radius 2 is 2.04 bits per heavy atom. The Kier molecular flexibility index (Phi) is 6.28. The Labute approximate surface area is 139 Å². The highest BCUT2D eigenvalue weighted by atomic mass is 32.2. The Bertz CT molecular complexity index is 592. The highest BCUT2D eigenvalue weighted by Crippen LogP contribution is 2.28. The predicted octanol–water partition coefficient (Wildman–Crippen LogP) is 3.38. The van der Waals surface area contributed by atoms with Crippen molar-refractivity contribution in [1.82, 2.24) is 5.32 Å². The topological polar surface area (TPSA) is 38.3 Å². The SMILES string of the molecule is C#CCOc1c(F)cc(C(=O)NC2CCCCC2SC)cc1F. The zero-order valence-electron chi connectivity index (χ0n) is 12.9. The summed E-state index contributed by atoms with van der Waals surface area (Å²) in [6, 6.07) is 1.97. The first-order chi connectivity index (χ1) is 11.1. The van der Waals surface area contributed by atoms with E-state index in [0.717, 1.165) is 37.8 Å². The summed E-state index contributed by atoms with van der Waals surface area (Å²) in [5.74, 6) is -0.764. The van der Waals surface area contributed by atoms with Crippen LogP contribution in [0.3, 0.4) is 0 Å². The summed E-state index contributed by atoms with van der Waals surface area (Å²) < 4.78 is 32.6. The first-order valence-electron chi connectivity index (χ1n) is 7.45. The van der Waals surface area contributed by atoms with Gasteiger partial charge in [0.05, 0.1) is 0 Å². The van der Waals surface area contributed by atoms with Crippen molar-refractivity contribution < 1.29 is 18.3 Å². The van der Waals surface area contributed by atoms with Crippen LogP contribution in [0.1, 0.15) is 36.0 Å². The third kappa shape index (κ3) is 4.38. The van der Waals surface area contributed by atoms with Crippen LogP contribution < -0.4 is 10.1 Å². The summed E-state index contributed by atoms with van der Waals surface area (Å²) in [4.78, 5) is 12.3. The van der Waals surface area contributed by atoms with Crippen molar-refractivity contribution in [3.8, 4) is 18.1 Å². The molecule has 1 saturated carbocycles. The maximum atomic E-state index is 13.9. The van der Waals surface area contributed by atoms with Crippen LogP contribution in [0.15, 0.2) is 12.1 Å². The molecule has 0 saturated heterocycles. The molecular formula is C17H19F2NO2S. The number of rotatable bonds is 5. The van der Waals surface area contributed by atoms with E-state index in [-0.39, 0.29) is 18.2 Å². The first kappa shape index (κ1) is 17.6. The number of halogens is 2. The molecule has 1 aromatic rings. The van der Waals surface area contributed by atoms with E-state index in [9.17, 15) is 13.6 Å². The molecule has 0 heterocycles. The van der Waals surface area contributed by atoms with Gasteiger partial charge in [0.2, 0.25) is 0 Å². The molecule has 1 aromatic carbocycles. The Morgan fingerprint density at radius 3 is 2.65 bits per heavy atom. The number of carbonyl (C=O) groups is 1. The number of benzene rings is 1. The van der Waals surface area contributed by atoms with Gasteiger partial charge in [0, 0.05) is 16.9 Å². The van der Waals surface area contributed by atoms with Crippen molar-refractivity contribution in [2.24, 2.45) is 0 Å². The van der Waals surface area contributed by atoms with Crippen LogP contribution in [0.2, 0.25) is 0 Å². The lowest BCUT2D eigenvalue weighted by atomic mass is 9.94. The minimum absolute atomic E-state index is 0.0229. The van der Waals surface area contributed by atoms with Gasteiger partial charge in [-0.3, -0.25) is 4.79 Å². The quantitative estimate of drug-likeness (QED) is 0.836.